The van der Waals surface area contributed by atoms with Gasteiger partial charge in [-0.25, -0.2) is 18.2 Å². The second-order valence-electron chi connectivity index (χ2n) is 10.8. The van der Waals surface area contributed by atoms with E-state index < -0.39 is 21.6 Å². The number of carbonyl (C=O) groups is 1. The normalized spacial score (nSPS) is 11.6. The van der Waals surface area contributed by atoms with Gasteiger partial charge in [-0.05, 0) is 48.9 Å². The van der Waals surface area contributed by atoms with Crippen LogP contribution in [0.25, 0.3) is 32.2 Å². The lowest BCUT2D eigenvalue weighted by Gasteiger charge is -2.19. The number of hydrogen-bond acceptors (Lipinski definition) is 9. The molecule has 14 heteroatoms. The van der Waals surface area contributed by atoms with Gasteiger partial charge in [-0.3, -0.25) is 14.3 Å². The summed E-state index contributed by atoms with van der Waals surface area (Å²) in [6, 6.07) is 20.5. The Morgan fingerprint density at radius 1 is 1.12 bits per heavy atom. The van der Waals surface area contributed by atoms with Gasteiger partial charge >= 0.3 is 5.97 Å². The van der Waals surface area contributed by atoms with Gasteiger partial charge < -0.3 is 9.84 Å². The van der Waals surface area contributed by atoms with E-state index >= 15 is 0 Å². The first-order valence-electron chi connectivity index (χ1n) is 14.5. The molecule has 6 rings (SSSR count). The first-order chi connectivity index (χ1) is 23.0. The van der Waals surface area contributed by atoms with Crippen LogP contribution < -0.4 is 10.3 Å². The van der Waals surface area contributed by atoms with Crippen LogP contribution in [0.4, 0.5) is 0 Å². The third kappa shape index (κ3) is 6.02. The summed E-state index contributed by atoms with van der Waals surface area (Å²) in [6.45, 7) is 1.74. The summed E-state index contributed by atoms with van der Waals surface area (Å²) in [7, 11) is -2.74. The van der Waals surface area contributed by atoms with E-state index in [1.807, 2.05) is 12.1 Å². The van der Waals surface area contributed by atoms with Crippen molar-refractivity contribution in [2.75, 3.05) is 13.7 Å². The van der Waals surface area contributed by atoms with Crippen LogP contribution in [0.3, 0.4) is 0 Å². The number of carboxylic acids is 1. The van der Waals surface area contributed by atoms with Crippen LogP contribution in [0.15, 0.2) is 88.0 Å². The summed E-state index contributed by atoms with van der Waals surface area (Å²) in [5, 5.41) is 21.6. The molecule has 48 heavy (non-hydrogen) atoms. The van der Waals surface area contributed by atoms with Crippen molar-refractivity contribution in [1.29, 1.82) is 5.26 Å². The van der Waals surface area contributed by atoms with Gasteiger partial charge in [0, 0.05) is 41.3 Å². The topological polar surface area (TPSA) is 155 Å². The zero-order chi connectivity index (χ0) is 34.2. The van der Waals surface area contributed by atoms with Gasteiger partial charge in [0.2, 0.25) is 10.0 Å². The number of aromatic nitrogens is 3. The minimum Gasteiger partial charge on any atom is -0.491 e. The highest BCUT2D eigenvalue weighted by Gasteiger charge is 2.27. The molecule has 0 saturated carbocycles. The zero-order valence-electron chi connectivity index (χ0n) is 25.5. The van der Waals surface area contributed by atoms with Crippen LogP contribution in [-0.2, 0) is 23.1 Å². The second kappa shape index (κ2) is 13.2. The number of benzene rings is 3. The van der Waals surface area contributed by atoms with Crippen molar-refractivity contribution < 1.29 is 23.1 Å². The predicted molar refractivity (Wildman–Crippen MR) is 183 cm³/mol. The highest BCUT2D eigenvalue weighted by atomic mass is 35.5. The fourth-order valence-corrected chi connectivity index (χ4v) is 7.96. The molecule has 11 nitrogen and oxygen atoms in total. The Morgan fingerprint density at radius 2 is 1.90 bits per heavy atom. The Morgan fingerprint density at radius 3 is 2.62 bits per heavy atom. The number of carboxylic acid groups (broad SMARTS) is 1. The molecule has 3 heterocycles. The Kier molecular flexibility index (Phi) is 9.00. The van der Waals surface area contributed by atoms with Crippen molar-refractivity contribution >= 4 is 60.0 Å². The van der Waals surface area contributed by atoms with Crippen LogP contribution in [0.1, 0.15) is 27.3 Å². The van der Waals surface area contributed by atoms with Crippen LogP contribution in [0, 0.1) is 18.3 Å². The van der Waals surface area contributed by atoms with Gasteiger partial charge in [0.1, 0.15) is 29.1 Å². The van der Waals surface area contributed by atoms with Gasteiger partial charge in [-0.1, -0.05) is 41.9 Å². The lowest BCUT2D eigenvalue weighted by molar-refractivity contribution is 0.0699. The van der Waals surface area contributed by atoms with E-state index in [2.05, 4.69) is 9.97 Å². The third-order valence-corrected chi connectivity index (χ3v) is 10.9. The average molecular weight is 700 g/mol. The maximum Gasteiger partial charge on any atom is 0.338 e. The first kappa shape index (κ1) is 32.8. The average Bonchev–Trinajstić information content (AvgIpc) is 3.51. The molecule has 0 atom stereocenters. The molecular weight excluding hydrogens is 674 g/mol. The molecule has 0 unspecified atom stereocenters. The fraction of sp³-hybridized carbons (Fsp3) is 0.147. The number of nitriles is 1. The maximum absolute atomic E-state index is 13.9. The summed E-state index contributed by atoms with van der Waals surface area (Å²) in [6.07, 6.45) is 1.52. The quantitative estimate of drug-likeness (QED) is 0.178. The number of nitrogens with zero attached hydrogens (tertiary/aromatic N) is 5. The molecule has 0 amide bonds. The van der Waals surface area contributed by atoms with Gasteiger partial charge in [0.15, 0.2) is 0 Å². The predicted octanol–water partition coefficient (Wildman–Crippen LogP) is 6.10. The molecule has 242 valence electrons. The highest BCUT2D eigenvalue weighted by Crippen LogP contribution is 2.39. The SMILES string of the molecule is Cc1nc2ccc(S(=O)(=O)N(C)Cc3ccccc3)c(C#N)c2c(=O)n1CCOc1ccc(Cl)cc1-c1ccnc2c(C(=O)O)csc12. The smallest absolute Gasteiger partial charge is 0.338 e. The van der Waals surface area contributed by atoms with Crippen molar-refractivity contribution in [2.24, 2.45) is 0 Å². The van der Waals surface area contributed by atoms with E-state index in [0.717, 1.165) is 9.87 Å². The van der Waals surface area contributed by atoms with E-state index in [-0.39, 0.29) is 46.6 Å². The first-order valence-corrected chi connectivity index (χ1v) is 17.2. The summed E-state index contributed by atoms with van der Waals surface area (Å²) >= 11 is 7.59. The third-order valence-electron chi connectivity index (χ3n) is 7.81. The number of hydrogen-bond donors (Lipinski definition) is 1. The summed E-state index contributed by atoms with van der Waals surface area (Å²) < 4.78 is 36.5. The molecule has 0 saturated heterocycles. The molecule has 6 aromatic rings. The molecule has 0 spiro atoms. The van der Waals surface area contributed by atoms with Crippen molar-refractivity contribution in [3.05, 3.63) is 116 Å². The lowest BCUT2D eigenvalue weighted by atomic mass is 10.0. The fourth-order valence-electron chi connectivity index (χ4n) is 5.46. The van der Waals surface area contributed by atoms with Crippen molar-refractivity contribution in [3.8, 4) is 22.9 Å². The van der Waals surface area contributed by atoms with Gasteiger partial charge in [-0.15, -0.1) is 11.3 Å². The number of halogens is 1. The molecule has 0 aliphatic heterocycles. The van der Waals surface area contributed by atoms with E-state index in [4.69, 9.17) is 16.3 Å². The Labute approximate surface area is 283 Å². The van der Waals surface area contributed by atoms with E-state index in [0.29, 0.717) is 37.9 Å². The largest absolute Gasteiger partial charge is 0.491 e. The van der Waals surface area contributed by atoms with Crippen molar-refractivity contribution in [1.82, 2.24) is 18.8 Å². The van der Waals surface area contributed by atoms with E-state index in [1.165, 1.54) is 46.7 Å². The maximum atomic E-state index is 13.9. The Balaban J connectivity index is 1.33. The van der Waals surface area contributed by atoms with Crippen LogP contribution in [0.2, 0.25) is 5.02 Å². The number of aryl methyl sites for hydroxylation is 1. The molecule has 1 N–H and O–H groups in total. The molecular formula is C34H26ClN5O6S2. The van der Waals surface area contributed by atoms with E-state index in [1.54, 1.807) is 55.5 Å². The number of thiophene rings is 1. The highest BCUT2D eigenvalue weighted by molar-refractivity contribution is 7.89. The van der Waals surface area contributed by atoms with Crippen molar-refractivity contribution in [2.45, 2.75) is 24.9 Å². The van der Waals surface area contributed by atoms with Gasteiger partial charge in [-0.2, -0.15) is 9.57 Å². The minimum atomic E-state index is -4.15. The number of fused-ring (bicyclic) bond motifs is 2. The molecule has 0 bridgehead atoms. The Hall–Kier alpha value is -5.13. The molecule has 3 aromatic carbocycles. The molecule has 3 aromatic heterocycles. The number of pyridine rings is 1. The molecule has 0 aliphatic rings. The number of aromatic carboxylic acids is 1. The van der Waals surface area contributed by atoms with Crippen LogP contribution in [0.5, 0.6) is 5.75 Å². The van der Waals surface area contributed by atoms with Gasteiger partial charge in [0.25, 0.3) is 5.56 Å². The second-order valence-corrected chi connectivity index (χ2v) is 14.1. The Bertz CT molecular complexity index is 2440. The number of rotatable bonds is 10. The van der Waals surface area contributed by atoms with E-state index in [9.17, 15) is 28.4 Å². The molecule has 0 fully saturated rings. The number of sulfonamides is 1. The minimum absolute atomic E-state index is 0.00129. The molecule has 0 radical (unpaired) electrons. The monoisotopic (exact) mass is 699 g/mol. The van der Waals surface area contributed by atoms with Crippen LogP contribution >= 0.6 is 22.9 Å². The standard InChI is InChI=1S/C34H26ClN5O6S2/c1-20-38-27-9-11-29(48(44,45)39(2)18-21-6-4-3-5-7-21)25(17-36)30(27)33(41)40(20)14-15-46-28-10-8-22(35)16-24(28)23-12-13-37-31-26(34(42)43)19-47-32(23)31/h3-13,16,19H,14-15,18H2,1-2H3,(H,42,43). The summed E-state index contributed by atoms with van der Waals surface area (Å²) in [4.78, 5) is 34.1. The van der Waals surface area contributed by atoms with Crippen molar-refractivity contribution in [3.63, 3.8) is 0 Å². The lowest BCUT2D eigenvalue weighted by Crippen LogP contribution is -2.29. The zero-order valence-corrected chi connectivity index (χ0v) is 27.9. The van der Waals surface area contributed by atoms with Crippen LogP contribution in [-0.4, -0.2) is 52.0 Å². The number of ether oxygens (including phenoxy) is 1. The summed E-state index contributed by atoms with van der Waals surface area (Å²) in [5.74, 6) is -0.297. The molecule has 0 aliphatic carbocycles. The van der Waals surface area contributed by atoms with Gasteiger partial charge in [0.05, 0.1) is 38.8 Å². The summed E-state index contributed by atoms with van der Waals surface area (Å²) in [5.41, 5.74) is 1.84.